The van der Waals surface area contributed by atoms with Gasteiger partial charge in [-0.2, -0.15) is 23.5 Å². The predicted molar refractivity (Wildman–Crippen MR) is 187 cm³/mol. The number of carbonyl (C=O) groups excluding carboxylic acids is 1. The molecule has 0 aromatic heterocycles. The van der Waals surface area contributed by atoms with Crippen LogP contribution in [0.1, 0.15) is 30.4 Å². The highest BCUT2D eigenvalue weighted by Crippen LogP contribution is 2.45. The number of allylic oxidation sites excluding steroid dienone is 4. The van der Waals surface area contributed by atoms with Gasteiger partial charge < -0.3 is 20.5 Å². The van der Waals surface area contributed by atoms with Gasteiger partial charge in [0.15, 0.2) is 19.7 Å². The lowest BCUT2D eigenvalue weighted by Crippen LogP contribution is -2.25. The molecule has 3 aliphatic rings. The van der Waals surface area contributed by atoms with Crippen molar-refractivity contribution in [2.45, 2.75) is 53.0 Å². The van der Waals surface area contributed by atoms with Gasteiger partial charge in [-0.1, -0.05) is 24.3 Å². The van der Waals surface area contributed by atoms with E-state index in [2.05, 4.69) is 5.32 Å². The molecule has 1 amide bonds. The van der Waals surface area contributed by atoms with Gasteiger partial charge in [0.25, 0.3) is 0 Å². The second kappa shape index (κ2) is 14.5. The third kappa shape index (κ3) is 9.44. The third-order valence-electron chi connectivity index (χ3n) is 7.98. The summed E-state index contributed by atoms with van der Waals surface area (Å²) in [6.45, 7) is 0.798. The van der Waals surface area contributed by atoms with Gasteiger partial charge in [0.05, 0.1) is 16.4 Å². The maximum Gasteiger partial charge on any atom is 0.221 e. The Morgan fingerprint density at radius 3 is 1.98 bits per heavy atom. The molecule has 3 atom stereocenters. The highest BCUT2D eigenvalue weighted by molar-refractivity contribution is 8.09. The van der Waals surface area contributed by atoms with Gasteiger partial charge in [-0.05, 0) is 78.2 Å². The van der Waals surface area contributed by atoms with E-state index in [9.17, 15) is 21.6 Å². The van der Waals surface area contributed by atoms with E-state index < -0.39 is 19.7 Å². The van der Waals surface area contributed by atoms with Crippen LogP contribution in [0.25, 0.3) is 0 Å². The van der Waals surface area contributed by atoms with Crippen LogP contribution in [0.2, 0.25) is 0 Å². The van der Waals surface area contributed by atoms with Crippen molar-refractivity contribution in [2.75, 3.05) is 17.3 Å². The van der Waals surface area contributed by atoms with Crippen LogP contribution in [0.3, 0.4) is 0 Å². The zero-order valence-electron chi connectivity index (χ0n) is 25.5. The minimum atomic E-state index is -3.43. The number of rotatable bonds is 15. The Kier molecular flexibility index (Phi) is 10.4. The molecule has 0 saturated carbocycles. The molecule has 2 heterocycles. The fraction of sp³-hybridized carbons (Fsp3) is 0.324. The van der Waals surface area contributed by atoms with Crippen molar-refractivity contribution in [1.29, 1.82) is 0 Å². The lowest BCUT2D eigenvalue weighted by Gasteiger charge is -2.16. The Labute approximate surface area is 284 Å². The van der Waals surface area contributed by atoms with E-state index in [4.69, 9.17) is 15.2 Å². The monoisotopic (exact) mass is 712 g/mol. The average molecular weight is 713 g/mol. The van der Waals surface area contributed by atoms with Crippen LogP contribution in [0.4, 0.5) is 0 Å². The van der Waals surface area contributed by atoms with Crippen molar-refractivity contribution in [3.05, 3.63) is 107 Å². The second-order valence-electron chi connectivity index (χ2n) is 11.6. The number of carbonyl (C=O) groups is 1. The number of amides is 1. The van der Waals surface area contributed by atoms with Crippen molar-refractivity contribution >= 4 is 49.1 Å². The largest absolute Gasteiger partial charge is 0.462 e. The maximum absolute atomic E-state index is 13.0. The smallest absolute Gasteiger partial charge is 0.221 e. The quantitative estimate of drug-likeness (QED) is 0.198. The number of hydrogen-bond acceptors (Lipinski definition) is 10. The van der Waals surface area contributed by atoms with E-state index in [1.807, 2.05) is 36.4 Å². The summed E-state index contributed by atoms with van der Waals surface area (Å²) in [6.07, 6.45) is 4.50. The van der Waals surface area contributed by atoms with E-state index in [-0.39, 0.29) is 39.6 Å². The van der Waals surface area contributed by atoms with Crippen LogP contribution in [0.15, 0.2) is 101 Å². The Morgan fingerprint density at radius 2 is 1.38 bits per heavy atom. The summed E-state index contributed by atoms with van der Waals surface area (Å²) in [5.41, 5.74) is 7.53. The van der Waals surface area contributed by atoms with Crippen LogP contribution in [0, 0.1) is 0 Å². The van der Waals surface area contributed by atoms with Gasteiger partial charge in [-0.3, -0.25) is 4.79 Å². The fourth-order valence-electron chi connectivity index (χ4n) is 5.10. The summed E-state index contributed by atoms with van der Waals surface area (Å²) in [6, 6.07) is 21.2. The zero-order valence-corrected chi connectivity index (χ0v) is 28.8. The van der Waals surface area contributed by atoms with Crippen molar-refractivity contribution < 1.29 is 31.1 Å². The molecule has 47 heavy (non-hydrogen) atoms. The summed E-state index contributed by atoms with van der Waals surface area (Å²) in [5.74, 6) is 3.48. The first-order valence-electron chi connectivity index (χ1n) is 15.3. The molecule has 3 aromatic carbocycles. The summed E-state index contributed by atoms with van der Waals surface area (Å²) in [5, 5.41) is 3.00. The van der Waals surface area contributed by atoms with Crippen LogP contribution in [-0.2, 0) is 37.6 Å². The number of nitrogens with one attached hydrogen (secondary N) is 1. The third-order valence-corrected chi connectivity index (χ3v) is 14.5. The highest BCUT2D eigenvalue weighted by atomic mass is 32.2. The Morgan fingerprint density at radius 1 is 0.766 bits per heavy atom. The molecule has 13 heteroatoms. The van der Waals surface area contributed by atoms with Crippen molar-refractivity contribution in [3.8, 4) is 17.2 Å². The molecule has 3 unspecified atom stereocenters. The van der Waals surface area contributed by atoms with Crippen LogP contribution in [-0.4, -0.2) is 55.8 Å². The SMILES string of the molecule is NCc1ccc(OC2=CC=C(S(=O)(=O)CC3SC3CC(=O)NCc3ccc(Oc4ccc(S(=O)(=O)CC5CS5)cc4)cc3)CC2)cc1. The first-order chi connectivity index (χ1) is 22.6. The van der Waals surface area contributed by atoms with E-state index >= 15 is 0 Å². The Bertz CT molecular complexity index is 1870. The number of thioether (sulfide) groups is 2. The molecule has 0 spiro atoms. The highest BCUT2D eigenvalue weighted by Gasteiger charge is 2.43. The molecule has 2 aliphatic heterocycles. The van der Waals surface area contributed by atoms with E-state index in [1.165, 1.54) is 11.8 Å². The predicted octanol–water partition coefficient (Wildman–Crippen LogP) is 5.37. The van der Waals surface area contributed by atoms with Crippen molar-refractivity contribution in [2.24, 2.45) is 5.73 Å². The summed E-state index contributed by atoms with van der Waals surface area (Å²) in [4.78, 5) is 13.3. The summed E-state index contributed by atoms with van der Waals surface area (Å²) < 4.78 is 62.7. The van der Waals surface area contributed by atoms with Crippen LogP contribution in [0.5, 0.6) is 17.2 Å². The average Bonchev–Trinajstić information content (AvgIpc) is 4.00. The number of sulfone groups is 2. The molecule has 3 N–H and O–H groups in total. The van der Waals surface area contributed by atoms with Gasteiger partial charge in [-0.25, -0.2) is 16.8 Å². The van der Waals surface area contributed by atoms with Crippen molar-refractivity contribution in [1.82, 2.24) is 5.32 Å². The topological polar surface area (TPSA) is 142 Å². The van der Waals surface area contributed by atoms with Gasteiger partial charge in [-0.15, -0.1) is 0 Å². The molecule has 2 saturated heterocycles. The zero-order chi connectivity index (χ0) is 33.0. The molecular weight excluding hydrogens is 677 g/mol. The molecule has 0 bridgehead atoms. The second-order valence-corrected chi connectivity index (χ2v) is 18.6. The molecule has 6 rings (SSSR count). The molecule has 3 aromatic rings. The lowest BCUT2D eigenvalue weighted by atomic mass is 10.1. The van der Waals surface area contributed by atoms with Gasteiger partial charge in [0.2, 0.25) is 5.91 Å². The number of nitrogens with two attached hydrogens (primary N) is 1. The molecule has 1 aliphatic carbocycles. The van der Waals surface area contributed by atoms with Crippen molar-refractivity contribution in [3.63, 3.8) is 0 Å². The molecule has 9 nitrogen and oxygen atoms in total. The lowest BCUT2D eigenvalue weighted by molar-refractivity contribution is -0.121. The Hall–Kier alpha value is -3.23. The first-order valence-corrected chi connectivity index (χ1v) is 20.6. The molecule has 2 fully saturated rings. The minimum Gasteiger partial charge on any atom is -0.462 e. The van der Waals surface area contributed by atoms with Gasteiger partial charge in [0.1, 0.15) is 23.0 Å². The molecular formula is C34H36N2O7S4. The normalized spacial score (nSPS) is 20.5. The van der Waals surface area contributed by atoms with Crippen LogP contribution < -0.4 is 20.5 Å². The summed E-state index contributed by atoms with van der Waals surface area (Å²) in [7, 11) is -6.72. The number of ether oxygens (including phenoxy) is 2. The maximum atomic E-state index is 13.0. The fourth-order valence-corrected chi connectivity index (χ4v) is 11.1. The Balaban J connectivity index is 0.915. The van der Waals surface area contributed by atoms with E-state index in [0.29, 0.717) is 58.7 Å². The first kappa shape index (κ1) is 33.7. The molecule has 248 valence electrons. The standard InChI is InChI=1S/C34H36N2O7S4/c35-18-23-1-5-25(6-2-23)42-28-11-15-31(16-12-28)47(40,41)22-33-32(45-33)17-34(37)36-19-24-3-7-26(8-4-24)43-27-9-13-30(14-10-27)46(38,39)21-29-20-44-29/h1-11,13-15,29,32-33H,12,16-22,35H2,(H,36,37). The van der Waals surface area contributed by atoms with E-state index in [0.717, 1.165) is 16.9 Å². The van der Waals surface area contributed by atoms with Gasteiger partial charge >= 0.3 is 0 Å². The van der Waals surface area contributed by atoms with Gasteiger partial charge in [0, 0.05) is 52.3 Å². The van der Waals surface area contributed by atoms with Crippen LogP contribution >= 0.6 is 23.5 Å². The number of hydrogen-bond donors (Lipinski definition) is 2. The molecule has 0 radical (unpaired) electrons. The minimum absolute atomic E-state index is 0.0195. The number of benzene rings is 3. The summed E-state index contributed by atoms with van der Waals surface area (Å²) >= 11 is 3.18. The van der Waals surface area contributed by atoms with E-state index in [1.54, 1.807) is 60.3 Å².